The molecule has 1 N–H and O–H groups in total. The SMILES string of the molecule is CCCNCc1cc(OC)ccc1OCc1ccc(Cl)s1. The lowest BCUT2D eigenvalue weighted by atomic mass is 10.2. The molecule has 0 atom stereocenters. The van der Waals surface area contributed by atoms with Gasteiger partial charge < -0.3 is 14.8 Å². The summed E-state index contributed by atoms with van der Waals surface area (Å²) in [5.74, 6) is 1.72. The Hall–Kier alpha value is -1.23. The first-order valence-electron chi connectivity index (χ1n) is 6.97. The minimum atomic E-state index is 0.532. The molecule has 114 valence electrons. The van der Waals surface area contributed by atoms with E-state index in [1.165, 1.54) is 0 Å². The Kier molecular flexibility index (Phi) is 6.36. The summed E-state index contributed by atoms with van der Waals surface area (Å²) < 4.78 is 12.0. The Morgan fingerprint density at radius 3 is 2.76 bits per heavy atom. The summed E-state index contributed by atoms with van der Waals surface area (Å²) in [4.78, 5) is 1.11. The van der Waals surface area contributed by atoms with E-state index in [1.807, 2.05) is 30.3 Å². The van der Waals surface area contributed by atoms with Crippen LogP contribution in [0.1, 0.15) is 23.8 Å². The van der Waals surface area contributed by atoms with Crippen LogP contribution in [0, 0.1) is 0 Å². The predicted octanol–water partition coefficient (Wildman–Crippen LogP) is 4.49. The maximum atomic E-state index is 5.93. The van der Waals surface area contributed by atoms with Gasteiger partial charge in [-0.2, -0.15) is 0 Å². The maximum absolute atomic E-state index is 5.93. The van der Waals surface area contributed by atoms with Crippen LogP contribution in [-0.4, -0.2) is 13.7 Å². The Bertz CT molecular complexity index is 571. The van der Waals surface area contributed by atoms with Gasteiger partial charge in [-0.15, -0.1) is 11.3 Å². The van der Waals surface area contributed by atoms with Crippen molar-refractivity contribution in [2.75, 3.05) is 13.7 Å². The van der Waals surface area contributed by atoms with Crippen molar-refractivity contribution >= 4 is 22.9 Å². The van der Waals surface area contributed by atoms with Gasteiger partial charge in [0.1, 0.15) is 18.1 Å². The quantitative estimate of drug-likeness (QED) is 0.725. The largest absolute Gasteiger partial charge is 0.497 e. The Balaban J connectivity index is 2.05. The minimum absolute atomic E-state index is 0.532. The molecule has 0 unspecified atom stereocenters. The van der Waals surface area contributed by atoms with Gasteiger partial charge in [-0.1, -0.05) is 18.5 Å². The summed E-state index contributed by atoms with van der Waals surface area (Å²) in [6, 6.07) is 9.77. The second-order valence-electron chi connectivity index (χ2n) is 4.64. The molecule has 0 fully saturated rings. The number of thiophene rings is 1. The van der Waals surface area contributed by atoms with Gasteiger partial charge in [0.25, 0.3) is 0 Å². The summed E-state index contributed by atoms with van der Waals surface area (Å²) >= 11 is 7.48. The summed E-state index contributed by atoms with van der Waals surface area (Å²) in [5.41, 5.74) is 1.10. The molecule has 0 saturated heterocycles. The van der Waals surface area contributed by atoms with Gasteiger partial charge in [0.05, 0.1) is 11.4 Å². The third-order valence-corrected chi connectivity index (χ3v) is 4.21. The fraction of sp³-hybridized carbons (Fsp3) is 0.375. The summed E-state index contributed by atoms with van der Waals surface area (Å²) in [6.07, 6.45) is 1.11. The van der Waals surface area contributed by atoms with Crippen LogP contribution in [0.3, 0.4) is 0 Å². The molecule has 1 heterocycles. The number of benzene rings is 1. The van der Waals surface area contributed by atoms with Crippen LogP contribution in [0.15, 0.2) is 30.3 Å². The minimum Gasteiger partial charge on any atom is -0.497 e. The topological polar surface area (TPSA) is 30.5 Å². The second-order valence-corrected chi connectivity index (χ2v) is 6.44. The molecule has 21 heavy (non-hydrogen) atoms. The standard InChI is InChI=1S/C16H20ClNO2S/c1-3-8-18-10-12-9-13(19-2)4-6-15(12)20-11-14-5-7-16(17)21-14/h4-7,9,18H,3,8,10-11H2,1-2H3. The summed E-state index contributed by atoms with van der Waals surface area (Å²) in [5, 5.41) is 3.39. The summed E-state index contributed by atoms with van der Waals surface area (Å²) in [6.45, 7) is 4.43. The van der Waals surface area contributed by atoms with E-state index in [0.717, 1.165) is 45.8 Å². The van der Waals surface area contributed by atoms with Crippen molar-refractivity contribution < 1.29 is 9.47 Å². The van der Waals surface area contributed by atoms with E-state index < -0.39 is 0 Å². The molecule has 0 aliphatic carbocycles. The van der Waals surface area contributed by atoms with Crippen molar-refractivity contribution in [1.82, 2.24) is 5.32 Å². The van der Waals surface area contributed by atoms with E-state index in [2.05, 4.69) is 12.2 Å². The lowest BCUT2D eigenvalue weighted by molar-refractivity contribution is 0.304. The molecule has 0 amide bonds. The molecule has 3 nitrogen and oxygen atoms in total. The van der Waals surface area contributed by atoms with E-state index in [4.69, 9.17) is 21.1 Å². The molecule has 5 heteroatoms. The number of hydrogen-bond acceptors (Lipinski definition) is 4. The van der Waals surface area contributed by atoms with E-state index in [-0.39, 0.29) is 0 Å². The lowest BCUT2D eigenvalue weighted by Crippen LogP contribution is -2.14. The smallest absolute Gasteiger partial charge is 0.124 e. The van der Waals surface area contributed by atoms with Crippen molar-refractivity contribution in [3.8, 4) is 11.5 Å². The van der Waals surface area contributed by atoms with Crippen molar-refractivity contribution in [2.45, 2.75) is 26.5 Å². The van der Waals surface area contributed by atoms with Gasteiger partial charge in [0.2, 0.25) is 0 Å². The van der Waals surface area contributed by atoms with E-state index in [1.54, 1.807) is 18.4 Å². The molecule has 0 bridgehead atoms. The normalized spacial score (nSPS) is 10.6. The molecule has 0 saturated carbocycles. The van der Waals surface area contributed by atoms with Crippen LogP contribution in [-0.2, 0) is 13.2 Å². The molecular formula is C16H20ClNO2S. The second kappa shape index (κ2) is 8.27. The van der Waals surface area contributed by atoms with Crippen molar-refractivity contribution in [2.24, 2.45) is 0 Å². The highest BCUT2D eigenvalue weighted by Crippen LogP contribution is 2.27. The summed E-state index contributed by atoms with van der Waals surface area (Å²) in [7, 11) is 1.67. The number of halogens is 1. The molecular weight excluding hydrogens is 306 g/mol. The van der Waals surface area contributed by atoms with E-state index in [9.17, 15) is 0 Å². The average molecular weight is 326 g/mol. The first kappa shape index (κ1) is 16.1. The van der Waals surface area contributed by atoms with Gasteiger partial charge in [0, 0.05) is 17.0 Å². The van der Waals surface area contributed by atoms with Crippen molar-refractivity contribution in [3.05, 3.63) is 45.1 Å². The third kappa shape index (κ3) is 4.92. The third-order valence-electron chi connectivity index (χ3n) is 3.01. The molecule has 0 spiro atoms. The highest BCUT2D eigenvalue weighted by atomic mass is 35.5. The zero-order chi connectivity index (χ0) is 15.1. The molecule has 0 radical (unpaired) electrons. The highest BCUT2D eigenvalue weighted by Gasteiger charge is 2.07. The monoisotopic (exact) mass is 325 g/mol. The zero-order valence-electron chi connectivity index (χ0n) is 12.3. The Morgan fingerprint density at radius 1 is 1.24 bits per heavy atom. The van der Waals surface area contributed by atoms with Gasteiger partial charge in [-0.25, -0.2) is 0 Å². The Labute approximate surface area is 134 Å². The molecule has 0 aliphatic rings. The number of rotatable bonds is 8. The zero-order valence-corrected chi connectivity index (χ0v) is 13.9. The number of methoxy groups -OCH3 is 1. The van der Waals surface area contributed by atoms with Crippen LogP contribution in [0.25, 0.3) is 0 Å². The molecule has 2 aromatic rings. The van der Waals surface area contributed by atoms with E-state index in [0.29, 0.717) is 6.61 Å². The molecule has 0 aliphatic heterocycles. The fourth-order valence-electron chi connectivity index (χ4n) is 1.94. The van der Waals surface area contributed by atoms with Crippen LogP contribution in [0.2, 0.25) is 4.34 Å². The van der Waals surface area contributed by atoms with Gasteiger partial charge in [-0.05, 0) is 43.3 Å². The van der Waals surface area contributed by atoms with Crippen LogP contribution >= 0.6 is 22.9 Å². The van der Waals surface area contributed by atoms with E-state index >= 15 is 0 Å². The lowest BCUT2D eigenvalue weighted by Gasteiger charge is -2.13. The first-order valence-corrected chi connectivity index (χ1v) is 8.17. The molecule has 2 rings (SSSR count). The highest BCUT2D eigenvalue weighted by molar-refractivity contribution is 7.16. The van der Waals surface area contributed by atoms with Crippen LogP contribution < -0.4 is 14.8 Å². The van der Waals surface area contributed by atoms with Crippen molar-refractivity contribution in [1.29, 1.82) is 0 Å². The fourth-order valence-corrected chi connectivity index (χ4v) is 2.94. The Morgan fingerprint density at radius 2 is 2.10 bits per heavy atom. The predicted molar refractivity (Wildman–Crippen MR) is 88.7 cm³/mol. The average Bonchev–Trinajstić information content (AvgIpc) is 2.91. The maximum Gasteiger partial charge on any atom is 0.124 e. The number of nitrogens with one attached hydrogen (secondary N) is 1. The van der Waals surface area contributed by atoms with Crippen molar-refractivity contribution in [3.63, 3.8) is 0 Å². The van der Waals surface area contributed by atoms with Gasteiger partial charge in [0.15, 0.2) is 0 Å². The first-order chi connectivity index (χ1) is 10.2. The van der Waals surface area contributed by atoms with Gasteiger partial charge >= 0.3 is 0 Å². The van der Waals surface area contributed by atoms with Gasteiger partial charge in [-0.3, -0.25) is 0 Å². The van der Waals surface area contributed by atoms with Crippen LogP contribution in [0.5, 0.6) is 11.5 Å². The molecule has 1 aromatic heterocycles. The molecule has 1 aromatic carbocycles. The number of ether oxygens (including phenoxy) is 2. The van der Waals surface area contributed by atoms with Crippen LogP contribution in [0.4, 0.5) is 0 Å². The number of hydrogen-bond donors (Lipinski definition) is 1.